The number of fused-ring (bicyclic) bond motifs is 1. The normalized spacial score (nSPS) is 11.7. The molecule has 2 aromatic rings. The Kier molecular flexibility index (Phi) is 7.18. The quantitative estimate of drug-likeness (QED) is 0.447. The molecule has 0 radical (unpaired) electrons. The largest absolute Gasteiger partial charge is 0.496 e. The predicted octanol–water partition coefficient (Wildman–Crippen LogP) is 5.66. The second kappa shape index (κ2) is 9.36. The number of aromatic hydroxyl groups is 1. The fraction of sp³-hybridized carbons (Fsp3) is 0.550. The lowest BCUT2D eigenvalue weighted by atomic mass is 10.0. The number of carbonyl (C=O) groups is 1. The van der Waals surface area contributed by atoms with Gasteiger partial charge in [0.05, 0.1) is 12.6 Å². The van der Waals surface area contributed by atoms with Crippen LogP contribution in [0.25, 0.3) is 10.9 Å². The second-order valence-corrected chi connectivity index (χ2v) is 6.99. The first kappa shape index (κ1) is 19.9. The molecule has 0 bridgehead atoms. The third-order valence-corrected chi connectivity index (χ3v) is 4.34. The van der Waals surface area contributed by atoms with E-state index in [1.807, 2.05) is 26.0 Å². The Morgan fingerprint density at radius 1 is 1.27 bits per heavy atom. The molecule has 142 valence electrons. The summed E-state index contributed by atoms with van der Waals surface area (Å²) < 4.78 is 5.49. The number of benzene rings is 1. The predicted molar refractivity (Wildman–Crippen MR) is 103 cm³/mol. The van der Waals surface area contributed by atoms with Crippen LogP contribution in [0.1, 0.15) is 58.4 Å². The number of hydrogen-bond donors (Lipinski definition) is 2. The van der Waals surface area contributed by atoms with Gasteiger partial charge in [-0.05, 0) is 30.9 Å². The van der Waals surface area contributed by atoms with E-state index >= 15 is 0 Å². The number of methoxy groups -OCH3 is 1. The first-order chi connectivity index (χ1) is 12.5. The van der Waals surface area contributed by atoms with Crippen molar-refractivity contribution in [2.75, 3.05) is 7.11 Å². The van der Waals surface area contributed by atoms with Crippen molar-refractivity contribution in [3.63, 3.8) is 0 Å². The van der Waals surface area contributed by atoms with Gasteiger partial charge >= 0.3 is 0 Å². The van der Waals surface area contributed by atoms with Crippen LogP contribution in [0.2, 0.25) is 0 Å². The number of carbonyl (C=O) groups excluding carboxylic acids is 1. The number of hydrogen-bond acceptors (Lipinski definition) is 4. The molecule has 0 spiro atoms. The molecule has 0 fully saturated rings. The molecule has 1 aromatic heterocycles. The van der Waals surface area contributed by atoms with Crippen LogP contribution in [0.3, 0.4) is 0 Å². The maximum absolute atomic E-state index is 11.8. The van der Waals surface area contributed by atoms with E-state index in [1.54, 1.807) is 7.11 Å². The lowest BCUT2D eigenvalue weighted by Crippen LogP contribution is -1.97. The van der Waals surface area contributed by atoms with E-state index in [9.17, 15) is 9.90 Å². The highest BCUT2D eigenvalue weighted by Gasteiger charge is 2.17. The Labute approximate surface area is 154 Å². The Morgan fingerprint density at radius 3 is 2.69 bits per heavy atom. The van der Waals surface area contributed by atoms with Gasteiger partial charge in [-0.25, -0.2) is 0 Å². The highest BCUT2D eigenvalue weighted by molar-refractivity contribution is 5.97. The first-order valence-corrected chi connectivity index (χ1v) is 9.33. The molecule has 6 nitrogen and oxygen atoms in total. The summed E-state index contributed by atoms with van der Waals surface area (Å²) in [6.45, 7) is 6.09. The molecule has 0 aliphatic heterocycles. The van der Waals surface area contributed by atoms with Crippen LogP contribution in [0.5, 0.6) is 11.6 Å². The Hall–Kier alpha value is -2.37. The van der Waals surface area contributed by atoms with Crippen molar-refractivity contribution >= 4 is 22.5 Å². The first-order valence-electron chi connectivity index (χ1n) is 9.33. The highest BCUT2D eigenvalue weighted by Crippen LogP contribution is 2.40. The number of amides is 1. The minimum Gasteiger partial charge on any atom is -0.496 e. The maximum Gasteiger partial charge on any atom is 0.265 e. The summed E-state index contributed by atoms with van der Waals surface area (Å²) in [6.07, 6.45) is 5.77. The molecule has 0 saturated heterocycles. The SMILES string of the molecule is CCCCCCc1c(OC)ccc2c(N=NC(=O)CC(C)C)c(O)[nH]c12. The maximum atomic E-state index is 11.8. The number of aryl methyl sites for hydroxylation is 1. The summed E-state index contributed by atoms with van der Waals surface area (Å²) in [4.78, 5) is 14.8. The van der Waals surface area contributed by atoms with Gasteiger partial charge in [-0.1, -0.05) is 40.0 Å². The van der Waals surface area contributed by atoms with Crippen LogP contribution in [-0.4, -0.2) is 23.1 Å². The molecule has 2 rings (SSSR count). The topological polar surface area (TPSA) is 87.0 Å². The van der Waals surface area contributed by atoms with Crippen LogP contribution >= 0.6 is 0 Å². The fourth-order valence-corrected chi connectivity index (χ4v) is 3.04. The molecular formula is C20H29N3O3. The van der Waals surface area contributed by atoms with Crippen molar-refractivity contribution in [3.05, 3.63) is 17.7 Å². The minimum atomic E-state index is -0.290. The fourth-order valence-electron chi connectivity index (χ4n) is 3.04. The highest BCUT2D eigenvalue weighted by atomic mass is 16.5. The molecule has 0 aliphatic carbocycles. The number of azo groups is 1. The number of aromatic amines is 1. The molecule has 0 saturated carbocycles. The molecule has 0 atom stereocenters. The van der Waals surface area contributed by atoms with Crippen molar-refractivity contribution in [2.45, 2.75) is 59.3 Å². The van der Waals surface area contributed by atoms with Gasteiger partial charge in [0.25, 0.3) is 5.91 Å². The molecule has 0 unspecified atom stereocenters. The molecular weight excluding hydrogens is 330 g/mol. The van der Waals surface area contributed by atoms with E-state index in [0.717, 1.165) is 41.5 Å². The number of rotatable bonds is 9. The average molecular weight is 359 g/mol. The van der Waals surface area contributed by atoms with E-state index in [-0.39, 0.29) is 17.7 Å². The van der Waals surface area contributed by atoms with E-state index in [0.29, 0.717) is 12.1 Å². The summed E-state index contributed by atoms with van der Waals surface area (Å²) in [5.74, 6) is 0.637. The Bertz CT molecular complexity index is 778. The third-order valence-electron chi connectivity index (χ3n) is 4.34. The third kappa shape index (κ3) is 4.84. The van der Waals surface area contributed by atoms with E-state index < -0.39 is 0 Å². The van der Waals surface area contributed by atoms with E-state index in [2.05, 4.69) is 22.1 Å². The van der Waals surface area contributed by atoms with Gasteiger partial charge in [0.1, 0.15) is 5.75 Å². The number of H-pyrrole nitrogens is 1. The van der Waals surface area contributed by atoms with Crippen LogP contribution in [0.15, 0.2) is 22.4 Å². The van der Waals surface area contributed by atoms with Crippen LogP contribution in [0, 0.1) is 5.92 Å². The molecule has 0 aliphatic rings. The van der Waals surface area contributed by atoms with Gasteiger partial charge < -0.3 is 14.8 Å². The molecule has 6 heteroatoms. The van der Waals surface area contributed by atoms with Crippen molar-refractivity contribution in [1.29, 1.82) is 0 Å². The van der Waals surface area contributed by atoms with Crippen LogP contribution in [0.4, 0.5) is 5.69 Å². The second-order valence-electron chi connectivity index (χ2n) is 6.99. The molecule has 26 heavy (non-hydrogen) atoms. The summed E-state index contributed by atoms with van der Waals surface area (Å²) in [6, 6.07) is 3.71. The Morgan fingerprint density at radius 2 is 2.04 bits per heavy atom. The number of aromatic nitrogens is 1. The van der Waals surface area contributed by atoms with Crippen molar-refractivity contribution < 1.29 is 14.6 Å². The zero-order chi connectivity index (χ0) is 19.1. The van der Waals surface area contributed by atoms with Gasteiger partial charge in [-0.3, -0.25) is 4.79 Å². The molecule has 2 N–H and O–H groups in total. The van der Waals surface area contributed by atoms with Gasteiger partial charge in [0, 0.05) is 17.4 Å². The molecule has 1 amide bonds. The van der Waals surface area contributed by atoms with E-state index in [4.69, 9.17) is 4.74 Å². The van der Waals surface area contributed by atoms with Crippen LogP contribution in [-0.2, 0) is 11.2 Å². The van der Waals surface area contributed by atoms with Gasteiger partial charge in [0.15, 0.2) is 5.69 Å². The van der Waals surface area contributed by atoms with Gasteiger partial charge in [0.2, 0.25) is 5.88 Å². The summed E-state index contributed by atoms with van der Waals surface area (Å²) in [5.41, 5.74) is 2.12. The zero-order valence-electron chi connectivity index (χ0n) is 16.1. The molecule has 1 heterocycles. The van der Waals surface area contributed by atoms with Crippen molar-refractivity contribution in [2.24, 2.45) is 16.1 Å². The summed E-state index contributed by atoms with van der Waals surface area (Å²) in [5, 5.41) is 18.8. The van der Waals surface area contributed by atoms with Crippen molar-refractivity contribution in [1.82, 2.24) is 4.98 Å². The average Bonchev–Trinajstić information content (AvgIpc) is 2.91. The number of unbranched alkanes of at least 4 members (excludes halogenated alkanes) is 3. The Balaban J connectivity index is 2.34. The number of ether oxygens (including phenoxy) is 1. The van der Waals surface area contributed by atoms with Gasteiger partial charge in [-0.15, -0.1) is 10.2 Å². The summed E-state index contributed by atoms with van der Waals surface area (Å²) >= 11 is 0. The van der Waals surface area contributed by atoms with Gasteiger partial charge in [-0.2, -0.15) is 0 Å². The van der Waals surface area contributed by atoms with E-state index in [1.165, 1.54) is 12.8 Å². The minimum absolute atomic E-state index is 0.0795. The lowest BCUT2D eigenvalue weighted by molar-refractivity contribution is -0.118. The number of nitrogens with one attached hydrogen (secondary N) is 1. The van der Waals surface area contributed by atoms with Crippen molar-refractivity contribution in [3.8, 4) is 11.6 Å². The monoisotopic (exact) mass is 359 g/mol. The zero-order valence-corrected chi connectivity index (χ0v) is 16.1. The van der Waals surface area contributed by atoms with Crippen LogP contribution < -0.4 is 4.74 Å². The molecule has 1 aromatic carbocycles. The standard InChI is InChI=1S/C20H29N3O3/c1-5-6-7-8-9-14-16(26-4)11-10-15-18(14)21-20(25)19(15)23-22-17(24)12-13(2)3/h10-11,13,21,25H,5-9,12H2,1-4H3. The smallest absolute Gasteiger partial charge is 0.265 e. The summed E-state index contributed by atoms with van der Waals surface area (Å²) in [7, 11) is 1.64. The lowest BCUT2D eigenvalue weighted by Gasteiger charge is -2.09. The number of nitrogens with zero attached hydrogens (tertiary/aromatic N) is 2.